The fourth-order valence-corrected chi connectivity index (χ4v) is 2.75. The summed E-state index contributed by atoms with van der Waals surface area (Å²) in [6, 6.07) is 4.40. The van der Waals surface area contributed by atoms with Crippen LogP contribution in [0.25, 0.3) is 0 Å². The standard InChI is InChI=1S/C17H14ClF3N4O2/c18-11-2-1-5-23-14(11)16(26)24-9-3-4-12(19)10(6-9)15-17(20,21)8-27-7-13(22)25-15/h1-6,15H,7-8H2,(H2,22,25)(H,24,26)/t15-/m1/s1. The third-order valence-corrected chi connectivity index (χ3v) is 4.07. The lowest BCUT2D eigenvalue weighted by atomic mass is 10.00. The predicted molar refractivity (Wildman–Crippen MR) is 93.7 cm³/mol. The van der Waals surface area contributed by atoms with Crippen LogP contribution in [0.1, 0.15) is 22.1 Å². The fourth-order valence-electron chi connectivity index (χ4n) is 2.54. The summed E-state index contributed by atoms with van der Waals surface area (Å²) in [7, 11) is 0. The quantitative estimate of drug-likeness (QED) is 0.830. The summed E-state index contributed by atoms with van der Waals surface area (Å²) in [5.74, 6) is -5.23. The number of amidine groups is 1. The molecule has 2 heterocycles. The van der Waals surface area contributed by atoms with Crippen molar-refractivity contribution in [3.05, 3.63) is 58.6 Å². The zero-order valence-corrected chi connectivity index (χ0v) is 14.5. The molecule has 1 aliphatic heterocycles. The molecule has 6 nitrogen and oxygen atoms in total. The van der Waals surface area contributed by atoms with Crippen LogP contribution in [0, 0.1) is 5.82 Å². The lowest BCUT2D eigenvalue weighted by Gasteiger charge is -2.22. The first-order valence-electron chi connectivity index (χ1n) is 7.77. The number of anilines is 1. The number of carbonyl (C=O) groups excluding carboxylic acids is 1. The van der Waals surface area contributed by atoms with Gasteiger partial charge in [0.25, 0.3) is 11.8 Å². The van der Waals surface area contributed by atoms with Gasteiger partial charge in [0.1, 0.15) is 36.6 Å². The van der Waals surface area contributed by atoms with Crippen LogP contribution in [0.5, 0.6) is 0 Å². The molecule has 1 amide bonds. The molecule has 0 unspecified atom stereocenters. The molecule has 3 rings (SSSR count). The van der Waals surface area contributed by atoms with Gasteiger partial charge in [-0.3, -0.25) is 9.79 Å². The summed E-state index contributed by atoms with van der Waals surface area (Å²) in [4.78, 5) is 19.8. The van der Waals surface area contributed by atoms with Crippen LogP contribution in [0.3, 0.4) is 0 Å². The molecule has 27 heavy (non-hydrogen) atoms. The highest BCUT2D eigenvalue weighted by molar-refractivity contribution is 6.34. The molecular formula is C17H14ClF3N4O2. The van der Waals surface area contributed by atoms with Crippen molar-refractivity contribution in [3.63, 3.8) is 0 Å². The minimum Gasteiger partial charge on any atom is -0.386 e. The summed E-state index contributed by atoms with van der Waals surface area (Å²) in [6.07, 6.45) is 1.38. The number of alkyl halides is 2. The van der Waals surface area contributed by atoms with E-state index >= 15 is 0 Å². The number of hydrogen-bond donors (Lipinski definition) is 2. The fraction of sp³-hybridized carbons (Fsp3) is 0.235. The molecule has 0 saturated carbocycles. The molecule has 2 aromatic rings. The molecule has 10 heteroatoms. The average molecular weight is 399 g/mol. The summed E-state index contributed by atoms with van der Waals surface area (Å²) < 4.78 is 47.6. The number of pyridine rings is 1. The Bertz CT molecular complexity index is 907. The highest BCUT2D eigenvalue weighted by Crippen LogP contribution is 2.38. The lowest BCUT2D eigenvalue weighted by Crippen LogP contribution is -2.30. The number of aromatic nitrogens is 1. The van der Waals surface area contributed by atoms with Gasteiger partial charge >= 0.3 is 0 Å². The van der Waals surface area contributed by atoms with Gasteiger partial charge in [0.2, 0.25) is 0 Å². The Labute approximate surface area is 157 Å². The van der Waals surface area contributed by atoms with Crippen LogP contribution in [-0.2, 0) is 4.74 Å². The highest BCUT2D eigenvalue weighted by atomic mass is 35.5. The van der Waals surface area contributed by atoms with Crippen molar-refractivity contribution < 1.29 is 22.7 Å². The number of rotatable bonds is 3. The van der Waals surface area contributed by atoms with Crippen LogP contribution in [-0.4, -0.2) is 35.9 Å². The molecule has 0 bridgehead atoms. The van der Waals surface area contributed by atoms with Gasteiger partial charge in [-0.15, -0.1) is 0 Å². The van der Waals surface area contributed by atoms with Gasteiger partial charge in [-0.25, -0.2) is 18.2 Å². The van der Waals surface area contributed by atoms with E-state index in [0.717, 1.165) is 12.1 Å². The number of benzene rings is 1. The lowest BCUT2D eigenvalue weighted by molar-refractivity contribution is -0.0831. The number of aliphatic imine (C=N–C) groups is 1. The molecule has 0 fully saturated rings. The number of hydrogen-bond acceptors (Lipinski definition) is 5. The Morgan fingerprint density at radius 3 is 2.89 bits per heavy atom. The van der Waals surface area contributed by atoms with E-state index in [1.165, 1.54) is 18.3 Å². The SMILES string of the molecule is NC1=N[C@H](c2cc(NC(=O)c3ncccc3Cl)ccc2F)C(F)(F)COC1. The van der Waals surface area contributed by atoms with E-state index in [9.17, 15) is 18.0 Å². The number of nitrogens with two attached hydrogens (primary N) is 1. The second-order valence-electron chi connectivity index (χ2n) is 5.80. The molecule has 1 atom stereocenters. The summed E-state index contributed by atoms with van der Waals surface area (Å²) in [5.41, 5.74) is 5.13. The first-order valence-corrected chi connectivity index (χ1v) is 8.15. The van der Waals surface area contributed by atoms with E-state index in [1.807, 2.05) is 0 Å². The van der Waals surface area contributed by atoms with Crippen molar-refractivity contribution >= 4 is 29.0 Å². The van der Waals surface area contributed by atoms with E-state index in [1.54, 1.807) is 6.07 Å². The Hall–Kier alpha value is -2.65. The monoisotopic (exact) mass is 398 g/mol. The van der Waals surface area contributed by atoms with Crippen LogP contribution in [0.2, 0.25) is 5.02 Å². The van der Waals surface area contributed by atoms with Crippen LogP contribution >= 0.6 is 11.6 Å². The minimum atomic E-state index is -3.48. The number of carbonyl (C=O) groups is 1. The predicted octanol–water partition coefficient (Wildman–Crippen LogP) is 3.19. The van der Waals surface area contributed by atoms with Crippen molar-refractivity contribution in [2.24, 2.45) is 10.7 Å². The zero-order valence-electron chi connectivity index (χ0n) is 13.8. The molecule has 1 aliphatic rings. The molecule has 1 aromatic carbocycles. The molecular weight excluding hydrogens is 385 g/mol. The second-order valence-corrected chi connectivity index (χ2v) is 6.21. The number of amides is 1. The van der Waals surface area contributed by atoms with Gasteiger partial charge in [-0.05, 0) is 30.3 Å². The van der Waals surface area contributed by atoms with Crippen LogP contribution in [0.4, 0.5) is 18.9 Å². The number of nitrogens with zero attached hydrogens (tertiary/aromatic N) is 2. The maximum Gasteiger partial charge on any atom is 0.297 e. The Morgan fingerprint density at radius 2 is 2.15 bits per heavy atom. The van der Waals surface area contributed by atoms with Crippen LogP contribution in [0.15, 0.2) is 41.5 Å². The topological polar surface area (TPSA) is 89.6 Å². The molecule has 0 radical (unpaired) electrons. The van der Waals surface area contributed by atoms with Gasteiger partial charge in [-0.1, -0.05) is 11.6 Å². The molecule has 142 valence electrons. The van der Waals surface area contributed by atoms with E-state index < -0.39 is 35.9 Å². The summed E-state index contributed by atoms with van der Waals surface area (Å²) in [5, 5.41) is 2.56. The highest BCUT2D eigenvalue weighted by Gasteiger charge is 2.44. The van der Waals surface area contributed by atoms with Crippen molar-refractivity contribution in [1.82, 2.24) is 4.98 Å². The largest absolute Gasteiger partial charge is 0.386 e. The normalized spacial score (nSPS) is 19.1. The first kappa shape index (κ1) is 19.1. The second kappa shape index (κ2) is 7.53. The van der Waals surface area contributed by atoms with Crippen molar-refractivity contribution in [2.75, 3.05) is 18.5 Å². The maximum atomic E-state index is 14.3. The van der Waals surface area contributed by atoms with Gasteiger partial charge in [-0.2, -0.15) is 0 Å². The molecule has 1 aromatic heterocycles. The van der Waals surface area contributed by atoms with E-state index in [2.05, 4.69) is 15.3 Å². The van der Waals surface area contributed by atoms with Gasteiger partial charge in [0.05, 0.1) is 5.02 Å². The minimum absolute atomic E-state index is 0.0551. The smallest absolute Gasteiger partial charge is 0.297 e. The molecule has 0 aliphatic carbocycles. The number of halogens is 4. The van der Waals surface area contributed by atoms with Gasteiger partial charge in [0, 0.05) is 17.4 Å². The van der Waals surface area contributed by atoms with E-state index in [-0.39, 0.29) is 28.8 Å². The third-order valence-electron chi connectivity index (χ3n) is 3.76. The average Bonchev–Trinajstić information content (AvgIpc) is 2.74. The maximum absolute atomic E-state index is 14.3. The van der Waals surface area contributed by atoms with E-state index in [0.29, 0.717) is 0 Å². The zero-order chi connectivity index (χ0) is 19.6. The molecule has 0 saturated heterocycles. The van der Waals surface area contributed by atoms with Crippen LogP contribution < -0.4 is 11.1 Å². The van der Waals surface area contributed by atoms with Crippen molar-refractivity contribution in [2.45, 2.75) is 12.0 Å². The molecule has 0 spiro atoms. The Morgan fingerprint density at radius 1 is 1.37 bits per heavy atom. The van der Waals surface area contributed by atoms with Crippen molar-refractivity contribution in [1.29, 1.82) is 0 Å². The Balaban J connectivity index is 1.94. The van der Waals surface area contributed by atoms with Gasteiger partial charge in [0.15, 0.2) is 0 Å². The Kier molecular flexibility index (Phi) is 5.33. The summed E-state index contributed by atoms with van der Waals surface area (Å²) >= 11 is 5.91. The van der Waals surface area contributed by atoms with E-state index in [4.69, 9.17) is 22.1 Å². The number of ether oxygens (including phenoxy) is 1. The number of nitrogens with one attached hydrogen (secondary N) is 1. The van der Waals surface area contributed by atoms with Gasteiger partial charge < -0.3 is 15.8 Å². The molecule has 3 N–H and O–H groups in total. The first-order chi connectivity index (χ1) is 12.8. The third kappa shape index (κ3) is 4.20. The summed E-state index contributed by atoms with van der Waals surface area (Å²) in [6.45, 7) is -1.23. The van der Waals surface area contributed by atoms with Crippen molar-refractivity contribution in [3.8, 4) is 0 Å².